The van der Waals surface area contributed by atoms with Gasteiger partial charge in [-0.15, -0.1) is 0 Å². The molecule has 0 aliphatic carbocycles. The van der Waals surface area contributed by atoms with Crippen molar-refractivity contribution in [1.82, 2.24) is 10.2 Å². The Morgan fingerprint density at radius 2 is 1.68 bits per heavy atom. The molecule has 1 spiro atoms. The Labute approximate surface area is 232 Å². The molecule has 2 aliphatic rings. The van der Waals surface area contributed by atoms with Gasteiger partial charge in [-0.05, 0) is 60.5 Å². The average Bonchev–Trinajstić information content (AvgIpc) is 3.60. The van der Waals surface area contributed by atoms with Crippen LogP contribution in [0.1, 0.15) is 12.0 Å². The number of anilines is 2. The lowest BCUT2D eigenvalue weighted by atomic mass is 10.1. The third-order valence-electron chi connectivity index (χ3n) is 7.00. The van der Waals surface area contributed by atoms with Crippen molar-refractivity contribution >= 4 is 29.6 Å². The molecule has 208 valence electrons. The summed E-state index contributed by atoms with van der Waals surface area (Å²) in [7, 11) is 0. The molecule has 10 heteroatoms. The number of ether oxygens (including phenoxy) is 3. The predicted octanol–water partition coefficient (Wildman–Crippen LogP) is 2.73. The van der Waals surface area contributed by atoms with Crippen LogP contribution in [0.15, 0.2) is 78.9 Å². The predicted molar refractivity (Wildman–Crippen MR) is 149 cm³/mol. The highest BCUT2D eigenvalue weighted by atomic mass is 16.7. The molecule has 0 bridgehead atoms. The number of nitrogens with one attached hydrogen (secondary N) is 1. The summed E-state index contributed by atoms with van der Waals surface area (Å²) in [4.78, 5) is 41.4. The minimum atomic E-state index is -1.02. The monoisotopic (exact) mass is 544 g/mol. The third-order valence-corrected chi connectivity index (χ3v) is 7.00. The van der Waals surface area contributed by atoms with Crippen molar-refractivity contribution in [3.8, 4) is 11.5 Å². The molecule has 2 fully saturated rings. The molecule has 2 aliphatic heterocycles. The maximum absolute atomic E-state index is 13.5. The summed E-state index contributed by atoms with van der Waals surface area (Å²) < 4.78 is 17.4. The van der Waals surface area contributed by atoms with Crippen LogP contribution in [0.4, 0.5) is 11.4 Å². The summed E-state index contributed by atoms with van der Waals surface area (Å²) in [6, 6.07) is 22.9. The lowest BCUT2D eigenvalue weighted by Crippen LogP contribution is -2.49. The van der Waals surface area contributed by atoms with Gasteiger partial charge in [-0.2, -0.15) is 0 Å². The topological polar surface area (TPSA) is 123 Å². The van der Waals surface area contributed by atoms with E-state index in [9.17, 15) is 14.4 Å². The van der Waals surface area contributed by atoms with Gasteiger partial charge in [-0.1, -0.05) is 30.3 Å². The molecule has 10 nitrogen and oxygen atoms in total. The molecule has 2 saturated heterocycles. The van der Waals surface area contributed by atoms with Crippen molar-refractivity contribution in [2.45, 2.75) is 24.7 Å². The van der Waals surface area contributed by atoms with Crippen LogP contribution in [0.3, 0.4) is 0 Å². The van der Waals surface area contributed by atoms with Gasteiger partial charge in [0.05, 0.1) is 19.8 Å². The molecule has 1 atom stereocenters. The number of likely N-dealkylation sites (tertiary alicyclic amines) is 1. The van der Waals surface area contributed by atoms with Crippen molar-refractivity contribution in [3.63, 3.8) is 0 Å². The van der Waals surface area contributed by atoms with Crippen LogP contribution in [0.2, 0.25) is 0 Å². The fourth-order valence-corrected chi connectivity index (χ4v) is 4.93. The molecule has 2 heterocycles. The number of nitrogens with zero attached hydrogens (tertiary/aromatic N) is 2. The molecule has 40 heavy (non-hydrogen) atoms. The highest BCUT2D eigenvalue weighted by Crippen LogP contribution is 2.35. The smallest absolute Gasteiger partial charge is 0.243 e. The summed E-state index contributed by atoms with van der Waals surface area (Å²) in [6.07, 6.45) is 1.44. The zero-order valence-corrected chi connectivity index (χ0v) is 22.0. The Bertz CT molecular complexity index is 1310. The second-order valence-corrected chi connectivity index (χ2v) is 9.77. The van der Waals surface area contributed by atoms with E-state index in [0.717, 1.165) is 5.56 Å². The highest BCUT2D eigenvalue weighted by Gasteiger charge is 2.52. The molecule has 3 N–H and O–H groups in total. The van der Waals surface area contributed by atoms with E-state index < -0.39 is 11.8 Å². The quantitative estimate of drug-likeness (QED) is 0.297. The van der Waals surface area contributed by atoms with Crippen LogP contribution in [-0.4, -0.2) is 67.8 Å². The number of carbonyl (C=O) groups is 3. The Kier molecular flexibility index (Phi) is 8.28. The van der Waals surface area contributed by atoms with Gasteiger partial charge >= 0.3 is 0 Å². The summed E-state index contributed by atoms with van der Waals surface area (Å²) in [6.45, 7) is 1.05. The van der Waals surface area contributed by atoms with Gasteiger partial charge in [0.25, 0.3) is 0 Å². The van der Waals surface area contributed by atoms with Crippen LogP contribution in [0.25, 0.3) is 0 Å². The second kappa shape index (κ2) is 12.2. The first-order chi connectivity index (χ1) is 19.4. The summed E-state index contributed by atoms with van der Waals surface area (Å²) in [5.41, 5.74) is 7.98. The minimum Gasteiger partial charge on any atom is -0.457 e. The average molecular weight is 545 g/mol. The van der Waals surface area contributed by atoms with E-state index in [1.165, 1.54) is 9.80 Å². The maximum Gasteiger partial charge on any atom is 0.243 e. The van der Waals surface area contributed by atoms with Crippen molar-refractivity contribution in [2.75, 3.05) is 43.5 Å². The van der Waals surface area contributed by atoms with Crippen molar-refractivity contribution in [1.29, 1.82) is 0 Å². The van der Waals surface area contributed by atoms with E-state index in [1.807, 2.05) is 54.6 Å². The zero-order chi connectivity index (χ0) is 28.0. The number of hydrogen-bond donors (Lipinski definition) is 2. The molecule has 3 aromatic rings. The number of benzene rings is 3. The van der Waals surface area contributed by atoms with Crippen LogP contribution in [-0.2, 0) is 30.3 Å². The first kappa shape index (κ1) is 27.2. The SMILES string of the molecule is Nc1ccc(CCNC(=O)[C@@H]2CC3(CN2C(=O)CN(C=O)c2ccc(Oc4ccccc4)cc2)OCCO3)cc1. The maximum atomic E-state index is 13.5. The lowest BCUT2D eigenvalue weighted by Gasteiger charge is -2.26. The lowest BCUT2D eigenvalue weighted by molar-refractivity contribution is -0.152. The molecule has 5 rings (SSSR count). The van der Waals surface area contributed by atoms with Crippen LogP contribution < -0.4 is 20.7 Å². The molecular formula is C30H32N4O6. The van der Waals surface area contributed by atoms with Crippen molar-refractivity contribution < 1.29 is 28.6 Å². The molecule has 0 unspecified atom stereocenters. The van der Waals surface area contributed by atoms with E-state index in [0.29, 0.717) is 55.5 Å². The van der Waals surface area contributed by atoms with Gasteiger partial charge in [0.15, 0.2) is 5.79 Å². The number of nitrogen functional groups attached to an aromatic ring is 1. The number of rotatable bonds is 10. The van der Waals surface area contributed by atoms with Gasteiger partial charge < -0.3 is 35.1 Å². The molecule has 3 amide bonds. The molecule has 3 aromatic carbocycles. The van der Waals surface area contributed by atoms with E-state index in [1.54, 1.807) is 24.3 Å². The van der Waals surface area contributed by atoms with Gasteiger partial charge in [-0.3, -0.25) is 14.4 Å². The summed E-state index contributed by atoms with van der Waals surface area (Å²) in [5, 5.41) is 2.93. The Hall–Kier alpha value is -4.41. The first-order valence-electron chi connectivity index (χ1n) is 13.2. The molecule has 0 radical (unpaired) electrons. The highest BCUT2D eigenvalue weighted by molar-refractivity contribution is 5.93. The second-order valence-electron chi connectivity index (χ2n) is 9.77. The van der Waals surface area contributed by atoms with Gasteiger partial charge in [-0.25, -0.2) is 0 Å². The zero-order valence-electron chi connectivity index (χ0n) is 22.0. The fourth-order valence-electron chi connectivity index (χ4n) is 4.93. The van der Waals surface area contributed by atoms with E-state index in [-0.39, 0.29) is 31.3 Å². The number of hydrogen-bond acceptors (Lipinski definition) is 7. The number of amides is 3. The summed E-state index contributed by atoms with van der Waals surface area (Å²) >= 11 is 0. The van der Waals surface area contributed by atoms with E-state index in [2.05, 4.69) is 5.32 Å². The number of para-hydroxylation sites is 1. The van der Waals surface area contributed by atoms with E-state index >= 15 is 0 Å². The normalized spacial score (nSPS) is 17.5. The van der Waals surface area contributed by atoms with Gasteiger partial charge in [0.2, 0.25) is 18.2 Å². The van der Waals surface area contributed by atoms with Crippen molar-refractivity contribution in [2.24, 2.45) is 0 Å². The standard InChI is InChI=1S/C30H32N4O6/c31-23-8-6-22(7-9-23)14-15-32-29(37)27-18-30(38-16-17-39-30)20-34(27)28(36)19-33(21-35)24-10-12-26(13-11-24)40-25-4-2-1-3-5-25/h1-13,21,27H,14-20,31H2,(H,32,37)/t27-/m0/s1. The molecule has 0 saturated carbocycles. The third kappa shape index (κ3) is 6.41. The number of nitrogens with two attached hydrogens (primary N) is 1. The van der Waals surface area contributed by atoms with Crippen molar-refractivity contribution in [3.05, 3.63) is 84.4 Å². The summed E-state index contributed by atoms with van der Waals surface area (Å²) in [5.74, 6) is -0.405. The largest absolute Gasteiger partial charge is 0.457 e. The number of carbonyl (C=O) groups excluding carboxylic acids is 3. The fraction of sp³-hybridized carbons (Fsp3) is 0.300. The molecule has 0 aromatic heterocycles. The minimum absolute atomic E-state index is 0.110. The molecular weight excluding hydrogens is 512 g/mol. The van der Waals surface area contributed by atoms with Crippen LogP contribution >= 0.6 is 0 Å². The van der Waals surface area contributed by atoms with Crippen LogP contribution in [0, 0.1) is 0 Å². The Morgan fingerprint density at radius 3 is 2.35 bits per heavy atom. The first-order valence-corrected chi connectivity index (χ1v) is 13.2. The van der Waals surface area contributed by atoms with Gasteiger partial charge in [0.1, 0.15) is 24.1 Å². The van der Waals surface area contributed by atoms with Crippen LogP contribution in [0.5, 0.6) is 11.5 Å². The van der Waals surface area contributed by atoms with E-state index in [4.69, 9.17) is 19.9 Å². The Balaban J connectivity index is 1.23. The Morgan fingerprint density at radius 1 is 1.00 bits per heavy atom. The van der Waals surface area contributed by atoms with Gasteiger partial charge in [0, 0.05) is 24.3 Å².